The molecule has 1 fully saturated rings. The van der Waals surface area contributed by atoms with E-state index in [9.17, 15) is 9.59 Å². The molecule has 16 heavy (non-hydrogen) atoms. The van der Waals surface area contributed by atoms with Crippen LogP contribution in [0.15, 0.2) is 35.6 Å². The minimum atomic E-state index is -0.586. The summed E-state index contributed by atoms with van der Waals surface area (Å²) in [4.78, 5) is 22.3. The summed E-state index contributed by atoms with van der Waals surface area (Å²) >= 11 is 3.24. The molecule has 0 aromatic rings. The lowest BCUT2D eigenvalue weighted by Gasteiger charge is -2.29. The molecule has 0 bridgehead atoms. The number of halogens is 1. The quantitative estimate of drug-likeness (QED) is 0.317. The van der Waals surface area contributed by atoms with Gasteiger partial charge in [0.2, 0.25) is 0 Å². The van der Waals surface area contributed by atoms with Crippen LogP contribution in [0.5, 0.6) is 0 Å². The second-order valence-corrected chi connectivity index (χ2v) is 4.41. The maximum Gasteiger partial charge on any atom is 0.342 e. The number of ether oxygens (including phenoxy) is 2. The molecule has 1 heterocycles. The van der Waals surface area contributed by atoms with Crippen molar-refractivity contribution in [1.29, 1.82) is 0 Å². The zero-order valence-electron chi connectivity index (χ0n) is 8.48. The van der Waals surface area contributed by atoms with E-state index >= 15 is 0 Å². The van der Waals surface area contributed by atoms with Gasteiger partial charge < -0.3 is 9.47 Å². The highest BCUT2D eigenvalue weighted by atomic mass is 79.9. The number of hydrogen-bond donors (Lipinski definition) is 0. The molecule has 0 aromatic heterocycles. The van der Waals surface area contributed by atoms with E-state index in [1.165, 1.54) is 13.4 Å². The van der Waals surface area contributed by atoms with Crippen molar-refractivity contribution in [2.24, 2.45) is 5.92 Å². The van der Waals surface area contributed by atoms with Gasteiger partial charge in [-0.2, -0.15) is 0 Å². The Morgan fingerprint density at radius 3 is 2.94 bits per heavy atom. The average Bonchev–Trinajstić information content (AvgIpc) is 2.26. The summed E-state index contributed by atoms with van der Waals surface area (Å²) < 4.78 is 9.52. The maximum absolute atomic E-state index is 11.5. The van der Waals surface area contributed by atoms with Gasteiger partial charge in [-0.15, -0.1) is 0 Å². The van der Waals surface area contributed by atoms with Crippen molar-refractivity contribution in [3.8, 4) is 0 Å². The van der Waals surface area contributed by atoms with E-state index in [4.69, 9.17) is 4.74 Å². The number of fused-ring (bicyclic) bond motifs is 1. The minimum Gasteiger partial charge on any atom is -0.504 e. The van der Waals surface area contributed by atoms with Crippen LogP contribution >= 0.6 is 15.9 Å². The van der Waals surface area contributed by atoms with E-state index < -0.39 is 16.8 Å². The Morgan fingerprint density at radius 1 is 1.50 bits per heavy atom. The molecule has 0 aromatic carbocycles. The normalized spacial score (nSPS) is 30.9. The molecule has 84 valence electrons. The molecular weight excluding hydrogens is 276 g/mol. The first-order valence-corrected chi connectivity index (χ1v) is 5.58. The second kappa shape index (κ2) is 4.25. The van der Waals surface area contributed by atoms with Gasteiger partial charge in [-0.1, -0.05) is 34.2 Å². The SMILES string of the molecule is CO/C=C1\C=CC=C2C(=O)OC(=O)C(Br)C21. The average molecular weight is 285 g/mol. The summed E-state index contributed by atoms with van der Waals surface area (Å²) in [5, 5.41) is 0. The van der Waals surface area contributed by atoms with Gasteiger partial charge in [0.1, 0.15) is 4.83 Å². The molecule has 2 rings (SSSR count). The summed E-state index contributed by atoms with van der Waals surface area (Å²) in [6.45, 7) is 0. The predicted octanol–water partition coefficient (Wildman–Crippen LogP) is 1.48. The Kier molecular flexibility index (Phi) is 2.96. The molecule has 2 atom stereocenters. The third kappa shape index (κ3) is 1.71. The van der Waals surface area contributed by atoms with Crippen LogP contribution in [-0.4, -0.2) is 23.9 Å². The van der Waals surface area contributed by atoms with E-state index in [-0.39, 0.29) is 5.92 Å². The van der Waals surface area contributed by atoms with Crippen molar-refractivity contribution in [1.82, 2.24) is 0 Å². The van der Waals surface area contributed by atoms with Crippen LogP contribution in [0.25, 0.3) is 0 Å². The van der Waals surface area contributed by atoms with Crippen LogP contribution < -0.4 is 0 Å². The fourth-order valence-corrected chi connectivity index (χ4v) is 2.45. The van der Waals surface area contributed by atoms with E-state index in [2.05, 4.69) is 20.7 Å². The third-order valence-corrected chi connectivity index (χ3v) is 3.36. The van der Waals surface area contributed by atoms with Gasteiger partial charge in [0.25, 0.3) is 0 Å². The zero-order valence-corrected chi connectivity index (χ0v) is 10.1. The van der Waals surface area contributed by atoms with E-state index in [0.717, 1.165) is 5.57 Å². The monoisotopic (exact) mass is 284 g/mol. The summed E-state index contributed by atoms with van der Waals surface area (Å²) in [7, 11) is 1.52. The van der Waals surface area contributed by atoms with Crippen molar-refractivity contribution in [2.45, 2.75) is 4.83 Å². The molecule has 0 spiro atoms. The molecular formula is C11H9BrO4. The van der Waals surface area contributed by atoms with Gasteiger partial charge in [0.15, 0.2) is 0 Å². The number of cyclic esters (lactones) is 2. The molecule has 5 heteroatoms. The number of hydrogen-bond acceptors (Lipinski definition) is 4. The lowest BCUT2D eigenvalue weighted by Crippen LogP contribution is -2.39. The third-order valence-electron chi connectivity index (χ3n) is 2.46. The van der Waals surface area contributed by atoms with Crippen LogP contribution in [0.2, 0.25) is 0 Å². The molecule has 2 aliphatic rings. The molecule has 1 saturated heterocycles. The van der Waals surface area contributed by atoms with Crippen molar-refractivity contribution in [3.05, 3.63) is 35.6 Å². The van der Waals surface area contributed by atoms with Gasteiger partial charge in [0.05, 0.1) is 13.4 Å². The number of rotatable bonds is 1. The molecule has 0 N–H and O–H groups in total. The van der Waals surface area contributed by atoms with Gasteiger partial charge in [-0.05, 0) is 5.57 Å². The lowest BCUT2D eigenvalue weighted by molar-refractivity contribution is -0.159. The van der Waals surface area contributed by atoms with Crippen molar-refractivity contribution >= 4 is 27.9 Å². The Balaban J connectivity index is 2.43. The molecule has 2 unspecified atom stereocenters. The first-order chi connectivity index (χ1) is 7.65. The molecule has 0 radical (unpaired) electrons. The highest BCUT2D eigenvalue weighted by molar-refractivity contribution is 9.10. The molecule has 0 amide bonds. The van der Waals surface area contributed by atoms with Crippen molar-refractivity contribution < 1.29 is 19.1 Å². The zero-order chi connectivity index (χ0) is 11.7. The number of allylic oxidation sites excluding steroid dienone is 4. The molecule has 1 aliphatic carbocycles. The smallest absolute Gasteiger partial charge is 0.342 e. The fraction of sp³-hybridized carbons (Fsp3) is 0.273. The van der Waals surface area contributed by atoms with E-state index in [1.807, 2.05) is 0 Å². The van der Waals surface area contributed by atoms with Crippen LogP contribution in [0.4, 0.5) is 0 Å². The number of esters is 2. The minimum absolute atomic E-state index is 0.335. The lowest BCUT2D eigenvalue weighted by atomic mass is 9.83. The number of carbonyl (C=O) groups is 2. The predicted molar refractivity (Wildman–Crippen MR) is 59.6 cm³/mol. The number of carbonyl (C=O) groups excluding carboxylic acids is 2. The molecule has 1 aliphatic heterocycles. The summed E-state index contributed by atoms with van der Waals surface area (Å²) in [6.07, 6.45) is 6.71. The standard InChI is InChI=1S/C11H9BrO4/c1-15-5-6-3-2-4-7-8(6)9(12)11(14)16-10(7)13/h2-5,8-9H,1H3/b6-5+. The Labute approximate surface area is 101 Å². The van der Waals surface area contributed by atoms with Crippen LogP contribution in [0, 0.1) is 5.92 Å². The largest absolute Gasteiger partial charge is 0.504 e. The highest BCUT2D eigenvalue weighted by Crippen LogP contribution is 2.37. The maximum atomic E-state index is 11.5. The van der Waals surface area contributed by atoms with Crippen LogP contribution in [0.3, 0.4) is 0 Å². The number of methoxy groups -OCH3 is 1. The van der Waals surface area contributed by atoms with Crippen molar-refractivity contribution in [2.75, 3.05) is 7.11 Å². The van der Waals surface area contributed by atoms with Gasteiger partial charge >= 0.3 is 11.9 Å². The Hall–Kier alpha value is -1.36. The van der Waals surface area contributed by atoms with Crippen LogP contribution in [-0.2, 0) is 19.1 Å². The van der Waals surface area contributed by atoms with Crippen LogP contribution in [0.1, 0.15) is 0 Å². The van der Waals surface area contributed by atoms with Crippen molar-refractivity contribution in [3.63, 3.8) is 0 Å². The first kappa shape index (κ1) is 11.1. The Morgan fingerprint density at radius 2 is 2.25 bits per heavy atom. The topological polar surface area (TPSA) is 52.6 Å². The van der Waals surface area contributed by atoms with E-state index in [1.54, 1.807) is 18.2 Å². The number of alkyl halides is 1. The summed E-state index contributed by atoms with van der Waals surface area (Å²) in [5.41, 5.74) is 1.24. The first-order valence-electron chi connectivity index (χ1n) is 4.66. The summed E-state index contributed by atoms with van der Waals surface area (Å²) in [6, 6.07) is 0. The molecule has 4 nitrogen and oxygen atoms in total. The van der Waals surface area contributed by atoms with E-state index in [0.29, 0.717) is 5.57 Å². The molecule has 0 saturated carbocycles. The highest BCUT2D eigenvalue weighted by Gasteiger charge is 2.42. The van der Waals surface area contributed by atoms with Gasteiger partial charge in [-0.3, -0.25) is 4.79 Å². The fourth-order valence-electron chi connectivity index (χ4n) is 1.76. The summed E-state index contributed by atoms with van der Waals surface area (Å²) in [5.74, 6) is -1.49. The van der Waals surface area contributed by atoms with Gasteiger partial charge in [-0.25, -0.2) is 4.79 Å². The van der Waals surface area contributed by atoms with Gasteiger partial charge in [0, 0.05) is 11.5 Å². The Bertz CT molecular complexity index is 433. The second-order valence-electron chi connectivity index (χ2n) is 3.42.